The van der Waals surface area contributed by atoms with Crippen LogP contribution in [0.25, 0.3) is 0 Å². The molecule has 1 amide bonds. The summed E-state index contributed by atoms with van der Waals surface area (Å²) < 4.78 is 52.4. The molecule has 1 aromatic heterocycles. The molecule has 126 valence electrons. The van der Waals surface area contributed by atoms with Crippen LogP contribution in [0.4, 0.5) is 14.5 Å². The van der Waals surface area contributed by atoms with Crippen LogP contribution >= 0.6 is 0 Å². The van der Waals surface area contributed by atoms with E-state index in [0.29, 0.717) is 5.69 Å². The molecule has 6 nitrogen and oxygen atoms in total. The van der Waals surface area contributed by atoms with Crippen LogP contribution in [-0.2, 0) is 14.8 Å². The molecule has 2 aliphatic heterocycles. The Morgan fingerprint density at radius 2 is 2.04 bits per heavy atom. The lowest BCUT2D eigenvalue weighted by molar-refractivity contribution is -0.140. The van der Waals surface area contributed by atoms with Crippen molar-refractivity contribution in [1.82, 2.24) is 9.29 Å². The van der Waals surface area contributed by atoms with E-state index in [1.54, 1.807) is 18.3 Å². The summed E-state index contributed by atoms with van der Waals surface area (Å²) in [7, 11) is -3.80. The molecule has 3 rings (SSSR count). The fraction of sp³-hybridized carbons (Fsp3) is 0.571. The van der Waals surface area contributed by atoms with Gasteiger partial charge in [0.05, 0.1) is 30.1 Å². The third-order valence-corrected chi connectivity index (χ3v) is 5.62. The minimum Gasteiger partial charge on any atom is -0.310 e. The lowest BCUT2D eigenvalue weighted by Crippen LogP contribution is -2.56. The first-order chi connectivity index (χ1) is 10.6. The highest BCUT2D eigenvalue weighted by Crippen LogP contribution is 2.47. The number of amides is 1. The number of nitrogens with zero attached hydrogens (tertiary/aromatic N) is 3. The van der Waals surface area contributed by atoms with Crippen molar-refractivity contribution in [1.29, 1.82) is 0 Å². The molecule has 0 saturated carbocycles. The molecule has 2 saturated heterocycles. The van der Waals surface area contributed by atoms with E-state index in [1.807, 2.05) is 0 Å². The monoisotopic (exact) mass is 345 g/mol. The average Bonchev–Trinajstić information content (AvgIpc) is 2.74. The first-order valence-electron chi connectivity index (χ1n) is 7.18. The van der Waals surface area contributed by atoms with Gasteiger partial charge in [0.1, 0.15) is 0 Å². The molecule has 1 atom stereocenters. The van der Waals surface area contributed by atoms with Crippen molar-refractivity contribution in [3.8, 4) is 0 Å². The second kappa shape index (κ2) is 5.20. The molecular weight excluding hydrogens is 328 g/mol. The molecule has 1 aromatic rings. The van der Waals surface area contributed by atoms with Gasteiger partial charge in [-0.05, 0) is 18.6 Å². The number of carbonyl (C=O) groups is 1. The highest BCUT2D eigenvalue weighted by Gasteiger charge is 2.58. The summed E-state index contributed by atoms with van der Waals surface area (Å²) in [5.41, 5.74) is -0.838. The third kappa shape index (κ3) is 2.94. The van der Waals surface area contributed by atoms with Crippen molar-refractivity contribution in [2.75, 3.05) is 30.8 Å². The lowest BCUT2D eigenvalue weighted by Gasteiger charge is -2.41. The van der Waals surface area contributed by atoms with Crippen molar-refractivity contribution in [2.45, 2.75) is 18.8 Å². The minimum absolute atomic E-state index is 0.197. The molecule has 0 radical (unpaired) electrons. The second-order valence-corrected chi connectivity index (χ2v) is 8.24. The smallest absolute Gasteiger partial charge is 0.262 e. The Labute approximate surface area is 133 Å². The summed E-state index contributed by atoms with van der Waals surface area (Å²) in [4.78, 5) is 18.1. The van der Waals surface area contributed by atoms with Crippen LogP contribution in [0.3, 0.4) is 0 Å². The van der Waals surface area contributed by atoms with Crippen LogP contribution in [0.1, 0.15) is 12.8 Å². The van der Waals surface area contributed by atoms with Crippen molar-refractivity contribution >= 4 is 21.6 Å². The summed E-state index contributed by atoms with van der Waals surface area (Å²) in [6, 6.07) is 3.34. The van der Waals surface area contributed by atoms with Gasteiger partial charge in [-0.2, -0.15) is 4.31 Å². The zero-order valence-corrected chi connectivity index (χ0v) is 13.4. The Hall–Kier alpha value is -1.61. The van der Waals surface area contributed by atoms with Gasteiger partial charge in [0.15, 0.2) is 0 Å². The van der Waals surface area contributed by atoms with Crippen LogP contribution in [-0.4, -0.2) is 55.4 Å². The van der Waals surface area contributed by atoms with E-state index >= 15 is 0 Å². The fourth-order valence-electron chi connectivity index (χ4n) is 3.38. The molecule has 2 fully saturated rings. The highest BCUT2D eigenvalue weighted by atomic mass is 32.2. The lowest BCUT2D eigenvalue weighted by atomic mass is 9.78. The number of anilines is 1. The maximum atomic E-state index is 14.1. The molecule has 0 aliphatic carbocycles. The number of hydrogen-bond donors (Lipinski definition) is 0. The molecule has 0 aromatic carbocycles. The Morgan fingerprint density at radius 1 is 1.30 bits per heavy atom. The number of piperidine rings is 1. The van der Waals surface area contributed by atoms with Gasteiger partial charge in [-0.3, -0.25) is 9.78 Å². The van der Waals surface area contributed by atoms with Crippen LogP contribution in [0.2, 0.25) is 0 Å². The van der Waals surface area contributed by atoms with E-state index in [0.717, 1.165) is 10.6 Å². The van der Waals surface area contributed by atoms with E-state index in [4.69, 9.17) is 0 Å². The van der Waals surface area contributed by atoms with E-state index in [9.17, 15) is 22.0 Å². The number of hydrogen-bond acceptors (Lipinski definition) is 4. The quantitative estimate of drug-likeness (QED) is 0.805. The zero-order valence-electron chi connectivity index (χ0n) is 12.6. The molecule has 0 bridgehead atoms. The number of halogens is 2. The number of rotatable bonds is 2. The minimum atomic E-state index is -3.80. The summed E-state index contributed by atoms with van der Waals surface area (Å²) in [6.07, 6.45) is 3.51. The maximum absolute atomic E-state index is 14.1. The van der Waals surface area contributed by atoms with E-state index in [1.165, 1.54) is 11.1 Å². The molecule has 23 heavy (non-hydrogen) atoms. The van der Waals surface area contributed by atoms with E-state index in [-0.39, 0.29) is 19.5 Å². The van der Waals surface area contributed by atoms with Gasteiger partial charge in [0.2, 0.25) is 15.9 Å². The Bertz CT molecular complexity index is 726. The highest BCUT2D eigenvalue weighted by molar-refractivity contribution is 7.88. The number of carbonyl (C=O) groups excluding carboxylic acids is 1. The van der Waals surface area contributed by atoms with Crippen molar-refractivity contribution in [2.24, 2.45) is 5.41 Å². The molecule has 2 aliphatic rings. The SMILES string of the molecule is CS(=O)(=O)N1CC(F)(F)CC2(CCN(c3cccnc3)C2=O)C1. The maximum Gasteiger partial charge on any atom is 0.262 e. The zero-order chi connectivity index (χ0) is 16.9. The molecule has 1 spiro atoms. The van der Waals surface area contributed by atoms with Crippen LogP contribution in [0, 0.1) is 5.41 Å². The van der Waals surface area contributed by atoms with E-state index < -0.39 is 40.2 Å². The van der Waals surface area contributed by atoms with Crippen LogP contribution < -0.4 is 4.90 Å². The summed E-state index contributed by atoms with van der Waals surface area (Å²) >= 11 is 0. The van der Waals surface area contributed by atoms with Gasteiger partial charge in [0.25, 0.3) is 5.92 Å². The first kappa shape index (κ1) is 16.3. The Balaban J connectivity index is 1.94. The number of aromatic nitrogens is 1. The normalized spacial score (nSPS) is 28.5. The van der Waals surface area contributed by atoms with Crippen molar-refractivity contribution in [3.05, 3.63) is 24.5 Å². The van der Waals surface area contributed by atoms with E-state index in [2.05, 4.69) is 4.98 Å². The average molecular weight is 345 g/mol. The Kier molecular flexibility index (Phi) is 3.68. The molecular formula is C14H17F2N3O3S. The number of sulfonamides is 1. The summed E-state index contributed by atoms with van der Waals surface area (Å²) in [5, 5.41) is 0. The van der Waals surface area contributed by atoms with Crippen molar-refractivity contribution in [3.63, 3.8) is 0 Å². The molecule has 1 unspecified atom stereocenters. The number of pyridine rings is 1. The van der Waals surface area contributed by atoms with Crippen LogP contribution in [0.5, 0.6) is 0 Å². The Morgan fingerprint density at radius 3 is 2.65 bits per heavy atom. The summed E-state index contributed by atoms with van der Waals surface area (Å²) in [6.45, 7) is -0.789. The van der Waals surface area contributed by atoms with Gasteiger partial charge in [-0.15, -0.1) is 0 Å². The fourth-order valence-corrected chi connectivity index (χ4v) is 4.29. The van der Waals surface area contributed by atoms with Gasteiger partial charge >= 0.3 is 0 Å². The van der Waals surface area contributed by atoms with Crippen molar-refractivity contribution < 1.29 is 22.0 Å². The largest absolute Gasteiger partial charge is 0.310 e. The topological polar surface area (TPSA) is 70.6 Å². The third-order valence-electron chi connectivity index (χ3n) is 4.42. The summed E-state index contributed by atoms with van der Waals surface area (Å²) in [5.74, 6) is -3.68. The predicted molar refractivity (Wildman–Crippen MR) is 79.6 cm³/mol. The molecule has 3 heterocycles. The van der Waals surface area contributed by atoms with Gasteiger partial charge in [0, 0.05) is 25.7 Å². The molecule has 0 N–H and O–H groups in total. The standard InChI is InChI=1S/C14H17F2N3O3S/c1-23(21,22)18-9-13(8-14(15,16)10-18)4-6-19(12(13)20)11-3-2-5-17-7-11/h2-3,5,7H,4,6,8-10H2,1H3. The van der Waals surface area contributed by atoms with Gasteiger partial charge in [-0.1, -0.05) is 0 Å². The predicted octanol–water partition coefficient (Wildman–Crippen LogP) is 1.11. The molecule has 9 heteroatoms. The van der Waals surface area contributed by atoms with Gasteiger partial charge < -0.3 is 4.90 Å². The van der Waals surface area contributed by atoms with Gasteiger partial charge in [-0.25, -0.2) is 17.2 Å². The first-order valence-corrected chi connectivity index (χ1v) is 9.03. The van der Waals surface area contributed by atoms with Crippen LogP contribution in [0.15, 0.2) is 24.5 Å². The number of alkyl halides is 2. The second-order valence-electron chi connectivity index (χ2n) is 6.26.